The number of aryl methyl sites for hydroxylation is 1. The van der Waals surface area contributed by atoms with Crippen LogP contribution in [0.25, 0.3) is 0 Å². The first-order valence-electron chi connectivity index (χ1n) is 10.7. The molecular formula is C24H26O4. The van der Waals surface area contributed by atoms with E-state index in [1.807, 2.05) is 12.1 Å². The zero-order valence-corrected chi connectivity index (χ0v) is 15.9. The molecule has 1 heterocycles. The molecule has 4 aliphatic carbocycles. The fraction of sp³-hybridized carbons (Fsp3) is 0.542. The SMILES string of the molecule is O=C(O)[C@@H]1C=C[C@@H]2C[C@@H]3C4C2[C@H]1C=C[C@@H]4[C@H]3CCCc1ccc2c(c1)OCO2. The largest absolute Gasteiger partial charge is 0.481 e. The molecule has 0 bridgehead atoms. The normalized spacial score (nSPS) is 40.9. The lowest BCUT2D eigenvalue weighted by molar-refractivity contribution is -0.143. The molecule has 0 saturated heterocycles. The summed E-state index contributed by atoms with van der Waals surface area (Å²) >= 11 is 0. The number of carboxylic acids is 1. The summed E-state index contributed by atoms with van der Waals surface area (Å²) < 4.78 is 10.9. The van der Waals surface area contributed by atoms with Crippen LogP contribution in [0.1, 0.15) is 24.8 Å². The second-order valence-corrected chi connectivity index (χ2v) is 9.25. The Hall–Kier alpha value is -2.23. The predicted octanol–water partition coefficient (Wildman–Crippen LogP) is 4.31. The Labute approximate surface area is 165 Å². The molecular weight excluding hydrogens is 352 g/mol. The first-order chi connectivity index (χ1) is 13.7. The Bertz CT molecular complexity index is 871. The highest BCUT2D eigenvalue weighted by atomic mass is 16.7. The number of carbonyl (C=O) groups is 1. The molecule has 6 rings (SSSR count). The number of rotatable bonds is 5. The van der Waals surface area contributed by atoms with Crippen LogP contribution in [-0.2, 0) is 11.2 Å². The predicted molar refractivity (Wildman–Crippen MR) is 104 cm³/mol. The van der Waals surface area contributed by atoms with Gasteiger partial charge in [-0.25, -0.2) is 0 Å². The summed E-state index contributed by atoms with van der Waals surface area (Å²) in [6, 6.07) is 6.30. The van der Waals surface area contributed by atoms with E-state index < -0.39 is 5.97 Å². The van der Waals surface area contributed by atoms with Crippen molar-refractivity contribution >= 4 is 5.97 Å². The van der Waals surface area contributed by atoms with E-state index in [2.05, 4.69) is 30.4 Å². The standard InChI is InChI=1S/C24H26O4/c25-24(26)18-6-5-14-11-19-15(16-7-8-17(18)22(14)23(16)19)3-1-2-13-4-9-20-21(10-13)28-12-27-20/h4-10,14-19,22-23H,1-3,11-12H2,(H,25,26)/t14-,15-,16-,17+,18-,19+,22?,23?/m1/s1. The van der Waals surface area contributed by atoms with E-state index in [1.165, 1.54) is 24.8 Å². The highest BCUT2D eigenvalue weighted by Gasteiger charge is 2.62. The van der Waals surface area contributed by atoms with Gasteiger partial charge in [-0.1, -0.05) is 30.4 Å². The number of allylic oxidation sites excluding steroid dienone is 3. The molecule has 1 aliphatic heterocycles. The minimum absolute atomic E-state index is 0.216. The molecule has 5 aliphatic rings. The molecule has 0 aromatic heterocycles. The molecule has 4 heteroatoms. The average Bonchev–Trinajstić information content (AvgIpc) is 3.29. The lowest BCUT2D eigenvalue weighted by Crippen LogP contribution is -2.50. The summed E-state index contributed by atoms with van der Waals surface area (Å²) in [7, 11) is 0. The maximum Gasteiger partial charge on any atom is 0.310 e. The molecule has 0 amide bonds. The third-order valence-electron chi connectivity index (χ3n) is 8.17. The monoisotopic (exact) mass is 378 g/mol. The zero-order chi connectivity index (χ0) is 18.8. The van der Waals surface area contributed by atoms with Crippen molar-refractivity contribution in [1.82, 2.24) is 0 Å². The number of carboxylic acid groups (broad SMARTS) is 1. The highest BCUT2D eigenvalue weighted by Crippen LogP contribution is 2.67. The van der Waals surface area contributed by atoms with Gasteiger partial charge in [0.05, 0.1) is 5.92 Å². The van der Waals surface area contributed by atoms with Crippen LogP contribution in [0.3, 0.4) is 0 Å². The minimum atomic E-state index is -0.661. The van der Waals surface area contributed by atoms with Gasteiger partial charge in [0.1, 0.15) is 0 Å². The fourth-order valence-electron chi connectivity index (χ4n) is 7.07. The van der Waals surface area contributed by atoms with Crippen LogP contribution in [0.4, 0.5) is 0 Å². The van der Waals surface area contributed by atoms with E-state index in [0.29, 0.717) is 24.5 Å². The van der Waals surface area contributed by atoms with Gasteiger partial charge in [-0.05, 0) is 84.8 Å². The molecule has 1 N–H and O–H groups in total. The molecule has 146 valence electrons. The van der Waals surface area contributed by atoms with Crippen LogP contribution in [0.15, 0.2) is 42.5 Å². The average molecular weight is 378 g/mol. The molecule has 28 heavy (non-hydrogen) atoms. The molecule has 0 radical (unpaired) electrons. The summed E-state index contributed by atoms with van der Waals surface area (Å²) in [5.74, 6) is 5.10. The van der Waals surface area contributed by atoms with E-state index in [0.717, 1.165) is 35.7 Å². The number of aliphatic carboxylic acids is 1. The Balaban J connectivity index is 1.13. The van der Waals surface area contributed by atoms with Crippen molar-refractivity contribution in [1.29, 1.82) is 0 Å². The summed E-state index contributed by atoms with van der Waals surface area (Å²) in [5.41, 5.74) is 1.33. The van der Waals surface area contributed by atoms with Crippen molar-refractivity contribution in [3.05, 3.63) is 48.1 Å². The second kappa shape index (κ2) is 6.13. The molecule has 1 aromatic rings. The summed E-state index contributed by atoms with van der Waals surface area (Å²) in [5, 5.41) is 9.58. The Kier molecular flexibility index (Phi) is 3.66. The van der Waals surface area contributed by atoms with E-state index >= 15 is 0 Å². The smallest absolute Gasteiger partial charge is 0.310 e. The summed E-state index contributed by atoms with van der Waals surface area (Å²) in [6.07, 6.45) is 13.7. The molecule has 4 nitrogen and oxygen atoms in total. The van der Waals surface area contributed by atoms with Gasteiger partial charge in [-0.3, -0.25) is 4.79 Å². The van der Waals surface area contributed by atoms with Crippen LogP contribution < -0.4 is 9.47 Å². The van der Waals surface area contributed by atoms with Crippen LogP contribution in [-0.4, -0.2) is 17.9 Å². The molecule has 2 unspecified atom stereocenters. The number of benzene rings is 1. The summed E-state index contributed by atoms with van der Waals surface area (Å²) in [4.78, 5) is 11.6. The quantitative estimate of drug-likeness (QED) is 0.776. The number of hydrogen-bond donors (Lipinski definition) is 1. The Morgan fingerprint density at radius 1 is 1.04 bits per heavy atom. The highest BCUT2D eigenvalue weighted by molar-refractivity contribution is 5.73. The van der Waals surface area contributed by atoms with Crippen LogP contribution >= 0.6 is 0 Å². The van der Waals surface area contributed by atoms with Crippen molar-refractivity contribution in [2.75, 3.05) is 6.79 Å². The lowest BCUT2D eigenvalue weighted by atomic mass is 9.50. The van der Waals surface area contributed by atoms with Crippen LogP contribution in [0.5, 0.6) is 11.5 Å². The van der Waals surface area contributed by atoms with Crippen molar-refractivity contribution < 1.29 is 19.4 Å². The maximum absolute atomic E-state index is 11.6. The van der Waals surface area contributed by atoms with Crippen molar-refractivity contribution in [3.8, 4) is 11.5 Å². The molecule has 2 fully saturated rings. The van der Waals surface area contributed by atoms with Gasteiger partial charge in [0.25, 0.3) is 0 Å². The zero-order valence-electron chi connectivity index (χ0n) is 15.9. The fourth-order valence-corrected chi connectivity index (χ4v) is 7.07. The molecule has 2 saturated carbocycles. The Morgan fingerprint density at radius 2 is 1.89 bits per heavy atom. The number of fused-ring (bicyclic) bond motifs is 1. The first kappa shape index (κ1) is 16.7. The van der Waals surface area contributed by atoms with Crippen LogP contribution in [0, 0.1) is 47.3 Å². The van der Waals surface area contributed by atoms with Crippen molar-refractivity contribution in [2.45, 2.75) is 25.7 Å². The van der Waals surface area contributed by atoms with Gasteiger partial charge in [0.15, 0.2) is 11.5 Å². The lowest BCUT2D eigenvalue weighted by Gasteiger charge is -2.54. The van der Waals surface area contributed by atoms with Gasteiger partial charge in [0, 0.05) is 0 Å². The van der Waals surface area contributed by atoms with E-state index in [-0.39, 0.29) is 11.8 Å². The summed E-state index contributed by atoms with van der Waals surface area (Å²) in [6.45, 7) is 0.332. The topological polar surface area (TPSA) is 55.8 Å². The maximum atomic E-state index is 11.6. The van der Waals surface area contributed by atoms with E-state index in [4.69, 9.17) is 9.47 Å². The third kappa shape index (κ3) is 2.33. The third-order valence-corrected chi connectivity index (χ3v) is 8.17. The second-order valence-electron chi connectivity index (χ2n) is 9.25. The van der Waals surface area contributed by atoms with Gasteiger partial charge < -0.3 is 14.6 Å². The van der Waals surface area contributed by atoms with Crippen LogP contribution in [0.2, 0.25) is 0 Å². The van der Waals surface area contributed by atoms with Crippen molar-refractivity contribution in [2.24, 2.45) is 47.3 Å². The van der Waals surface area contributed by atoms with Crippen molar-refractivity contribution in [3.63, 3.8) is 0 Å². The number of hydrogen-bond acceptors (Lipinski definition) is 3. The molecule has 0 spiro atoms. The van der Waals surface area contributed by atoms with Gasteiger partial charge in [-0.15, -0.1) is 0 Å². The molecule has 1 aromatic carbocycles. The number of ether oxygens (including phenoxy) is 2. The van der Waals surface area contributed by atoms with E-state index in [9.17, 15) is 9.90 Å². The first-order valence-corrected chi connectivity index (χ1v) is 10.7. The van der Waals surface area contributed by atoms with Gasteiger partial charge in [-0.2, -0.15) is 0 Å². The minimum Gasteiger partial charge on any atom is -0.481 e. The van der Waals surface area contributed by atoms with Gasteiger partial charge in [0.2, 0.25) is 6.79 Å². The van der Waals surface area contributed by atoms with E-state index in [1.54, 1.807) is 0 Å². The molecule has 8 atom stereocenters. The Morgan fingerprint density at radius 3 is 2.79 bits per heavy atom. The van der Waals surface area contributed by atoms with Gasteiger partial charge >= 0.3 is 5.97 Å².